The second-order valence-corrected chi connectivity index (χ2v) is 2.50. The van der Waals surface area contributed by atoms with Crippen LogP contribution in [0.15, 0.2) is 0 Å². The van der Waals surface area contributed by atoms with E-state index >= 15 is 0 Å². The third-order valence-corrected chi connectivity index (χ3v) is 0.426. The normalized spacial score (nSPS) is 5.86. The highest BCUT2D eigenvalue weighted by Crippen LogP contribution is 1.56. The van der Waals surface area contributed by atoms with Crippen LogP contribution >= 0.6 is 0 Å². The fourth-order valence-corrected chi connectivity index (χ4v) is 0.249. The summed E-state index contributed by atoms with van der Waals surface area (Å²) in [6.45, 7) is 12.6. The summed E-state index contributed by atoms with van der Waals surface area (Å²) in [6, 6.07) is 0. The summed E-state index contributed by atoms with van der Waals surface area (Å²) in [5.74, 6) is 0.0394. The molecule has 14 heavy (non-hydrogen) atoms. The largest absolute Gasteiger partial charge is 0.357 e. The Bertz CT molecular complexity index is 70.7. The number of hydrogen-bond donors (Lipinski definition) is 1. The van der Waals surface area contributed by atoms with Crippen LogP contribution in [-0.2, 0) is 4.79 Å². The molecule has 0 atom stereocenters. The minimum absolute atomic E-state index is 0. The molecule has 0 spiro atoms. The van der Waals surface area contributed by atoms with E-state index in [0.717, 1.165) is 6.54 Å². The van der Waals surface area contributed by atoms with Crippen molar-refractivity contribution in [2.45, 2.75) is 69.2 Å². The molecule has 0 aromatic rings. The fourth-order valence-electron chi connectivity index (χ4n) is 0.249. The second kappa shape index (κ2) is 39.2. The maximum atomic E-state index is 9.93. The lowest BCUT2D eigenvalue weighted by atomic mass is 10.6. The molecule has 1 amide bonds. The van der Waals surface area contributed by atoms with Crippen molar-refractivity contribution in [2.24, 2.45) is 0 Å². The third kappa shape index (κ3) is 206. The Balaban J connectivity index is -0.0000000297. The molecule has 0 aliphatic carbocycles. The van der Waals surface area contributed by atoms with E-state index in [9.17, 15) is 4.79 Å². The van der Waals surface area contributed by atoms with Gasteiger partial charge in [-0.2, -0.15) is 0 Å². The molecule has 1 N–H and O–H groups in total. The first kappa shape index (κ1) is 29.2. The average molecular weight is 207 g/mol. The molecular weight excluding hydrogens is 174 g/mol. The Morgan fingerprint density at radius 1 is 0.929 bits per heavy atom. The van der Waals surface area contributed by atoms with Gasteiger partial charge >= 0.3 is 0 Å². The molecule has 0 aliphatic heterocycles. The molecule has 0 saturated heterocycles. The molecule has 0 aromatic carbocycles. The molecule has 92 valence electrons. The van der Waals surface area contributed by atoms with E-state index in [2.05, 4.69) is 33.0 Å². The Hall–Kier alpha value is -0.530. The van der Waals surface area contributed by atoms with Crippen LogP contribution < -0.4 is 5.32 Å². The SMILES string of the molecule is C.C.CCC.CCC.CCNC(C)=O. The van der Waals surface area contributed by atoms with Gasteiger partial charge in [-0.1, -0.05) is 55.4 Å². The van der Waals surface area contributed by atoms with Crippen molar-refractivity contribution < 1.29 is 4.79 Å². The van der Waals surface area contributed by atoms with Gasteiger partial charge in [-0.15, -0.1) is 0 Å². The van der Waals surface area contributed by atoms with Gasteiger partial charge in [0.25, 0.3) is 0 Å². The number of amides is 1. The first-order valence-electron chi connectivity index (χ1n) is 4.84. The summed E-state index contributed by atoms with van der Waals surface area (Å²) in [4.78, 5) is 9.93. The van der Waals surface area contributed by atoms with Gasteiger partial charge in [0, 0.05) is 13.5 Å². The molecule has 0 aliphatic rings. The van der Waals surface area contributed by atoms with E-state index in [1.165, 1.54) is 19.8 Å². The molecule has 0 unspecified atom stereocenters. The highest BCUT2D eigenvalue weighted by Gasteiger charge is 1.78. The predicted octanol–water partition coefficient (Wildman–Crippen LogP) is 4.25. The van der Waals surface area contributed by atoms with Gasteiger partial charge in [0.15, 0.2) is 0 Å². The van der Waals surface area contributed by atoms with Crippen LogP contribution in [0.2, 0.25) is 0 Å². The van der Waals surface area contributed by atoms with E-state index < -0.39 is 0 Å². The first-order valence-corrected chi connectivity index (χ1v) is 4.84. The number of carbonyl (C=O) groups is 1. The molecule has 0 bridgehead atoms. The average Bonchev–Trinajstić information content (AvgIpc) is 1.89. The maximum absolute atomic E-state index is 9.93. The highest BCUT2D eigenvalue weighted by atomic mass is 16.1. The van der Waals surface area contributed by atoms with Gasteiger partial charge in [0.2, 0.25) is 5.91 Å². The number of hydrogen-bond acceptors (Lipinski definition) is 1. The molecule has 0 rings (SSSR count). The van der Waals surface area contributed by atoms with Crippen molar-refractivity contribution in [3.05, 3.63) is 0 Å². The van der Waals surface area contributed by atoms with Crippen molar-refractivity contribution in [2.75, 3.05) is 6.54 Å². The van der Waals surface area contributed by atoms with Crippen LogP contribution in [0.5, 0.6) is 0 Å². The quantitative estimate of drug-likeness (QED) is 0.684. The zero-order valence-electron chi connectivity index (χ0n) is 9.53. The van der Waals surface area contributed by atoms with Crippen LogP contribution in [-0.4, -0.2) is 12.5 Å². The van der Waals surface area contributed by atoms with Crippen molar-refractivity contribution in [3.63, 3.8) is 0 Å². The van der Waals surface area contributed by atoms with Gasteiger partial charge < -0.3 is 5.32 Å². The van der Waals surface area contributed by atoms with Crippen LogP contribution in [0.4, 0.5) is 0 Å². The number of rotatable bonds is 1. The third-order valence-electron chi connectivity index (χ3n) is 0.426. The molecule has 0 saturated carbocycles. The second-order valence-electron chi connectivity index (χ2n) is 2.50. The van der Waals surface area contributed by atoms with E-state index in [-0.39, 0.29) is 20.8 Å². The molecule has 0 radical (unpaired) electrons. The van der Waals surface area contributed by atoms with Crippen molar-refractivity contribution in [3.8, 4) is 0 Å². The van der Waals surface area contributed by atoms with Crippen LogP contribution in [0.1, 0.15) is 69.2 Å². The minimum Gasteiger partial charge on any atom is -0.357 e. The molecule has 0 fully saturated rings. The summed E-state index contributed by atoms with van der Waals surface area (Å²) in [5.41, 5.74) is 0. The Morgan fingerprint density at radius 2 is 1.14 bits per heavy atom. The standard InChI is InChI=1S/C4H9NO.2C3H8.2CH4/c1-3-5-4(2)6;2*1-3-2;;/h3H2,1-2H3,(H,5,6);2*3H2,1-2H3;2*1H4. The smallest absolute Gasteiger partial charge is 0.216 e. The van der Waals surface area contributed by atoms with E-state index in [4.69, 9.17) is 0 Å². The fraction of sp³-hybridized carbons (Fsp3) is 0.917. The summed E-state index contributed by atoms with van der Waals surface area (Å²) >= 11 is 0. The lowest BCUT2D eigenvalue weighted by Gasteiger charge is -1.88. The predicted molar refractivity (Wildman–Crippen MR) is 69.7 cm³/mol. The minimum atomic E-state index is 0. The summed E-state index contributed by atoms with van der Waals surface area (Å²) in [5, 5.41) is 2.57. The summed E-state index contributed by atoms with van der Waals surface area (Å²) < 4.78 is 0. The van der Waals surface area contributed by atoms with Gasteiger partial charge in [0.05, 0.1) is 0 Å². The maximum Gasteiger partial charge on any atom is 0.216 e. The summed E-state index contributed by atoms with van der Waals surface area (Å²) in [7, 11) is 0. The van der Waals surface area contributed by atoms with Crippen LogP contribution in [0.25, 0.3) is 0 Å². The molecular formula is C12H33NO. The van der Waals surface area contributed by atoms with Crippen molar-refractivity contribution in [1.29, 1.82) is 0 Å². The van der Waals surface area contributed by atoms with E-state index in [1.54, 1.807) is 0 Å². The Labute approximate surface area is 92.5 Å². The van der Waals surface area contributed by atoms with Gasteiger partial charge in [-0.05, 0) is 6.92 Å². The number of carbonyl (C=O) groups excluding carboxylic acids is 1. The van der Waals surface area contributed by atoms with Gasteiger partial charge in [0.1, 0.15) is 0 Å². The van der Waals surface area contributed by atoms with Crippen molar-refractivity contribution in [1.82, 2.24) is 5.32 Å². The van der Waals surface area contributed by atoms with Crippen molar-refractivity contribution >= 4 is 5.91 Å². The van der Waals surface area contributed by atoms with E-state index in [0.29, 0.717) is 0 Å². The van der Waals surface area contributed by atoms with Crippen LogP contribution in [0, 0.1) is 0 Å². The molecule has 0 heterocycles. The molecule has 0 aromatic heterocycles. The number of nitrogens with one attached hydrogen (secondary N) is 1. The monoisotopic (exact) mass is 207 g/mol. The first-order chi connectivity index (χ1) is 5.60. The van der Waals surface area contributed by atoms with Crippen LogP contribution in [0.3, 0.4) is 0 Å². The van der Waals surface area contributed by atoms with Gasteiger partial charge in [-0.25, -0.2) is 0 Å². The zero-order chi connectivity index (χ0) is 10.4. The van der Waals surface area contributed by atoms with E-state index in [1.807, 2.05) is 6.92 Å². The topological polar surface area (TPSA) is 29.1 Å². The molecule has 2 nitrogen and oxygen atoms in total. The summed E-state index contributed by atoms with van der Waals surface area (Å²) in [6.07, 6.45) is 2.50. The van der Waals surface area contributed by atoms with Gasteiger partial charge in [-0.3, -0.25) is 4.79 Å². The Kier molecular flexibility index (Phi) is 81.7. The molecule has 2 heteroatoms. The highest BCUT2D eigenvalue weighted by molar-refractivity contribution is 5.72. The lowest BCUT2D eigenvalue weighted by Crippen LogP contribution is -2.18. The Morgan fingerprint density at radius 3 is 1.14 bits per heavy atom. The lowest BCUT2D eigenvalue weighted by molar-refractivity contribution is -0.118. The zero-order valence-corrected chi connectivity index (χ0v) is 9.53.